The summed E-state index contributed by atoms with van der Waals surface area (Å²) in [6.07, 6.45) is 8.55. The van der Waals surface area contributed by atoms with Crippen LogP contribution < -0.4 is 5.32 Å². The van der Waals surface area contributed by atoms with Gasteiger partial charge in [0.25, 0.3) is 0 Å². The van der Waals surface area contributed by atoms with E-state index < -0.39 is 0 Å². The summed E-state index contributed by atoms with van der Waals surface area (Å²) in [5, 5.41) is 5.22. The minimum Gasteiger partial charge on any atom is -0.352 e. The molecule has 0 unspecified atom stereocenters. The van der Waals surface area contributed by atoms with Crippen molar-refractivity contribution in [3.05, 3.63) is 21.4 Å². The van der Waals surface area contributed by atoms with E-state index >= 15 is 0 Å². The summed E-state index contributed by atoms with van der Waals surface area (Å²) in [6, 6.07) is 0. The van der Waals surface area contributed by atoms with Gasteiger partial charge >= 0.3 is 0 Å². The molecule has 0 aromatic carbocycles. The number of amides is 1. The fourth-order valence-electron chi connectivity index (χ4n) is 2.83. The lowest BCUT2D eigenvalue weighted by molar-refractivity contribution is -0.121. The van der Waals surface area contributed by atoms with Crippen molar-refractivity contribution in [1.82, 2.24) is 5.32 Å². The molecule has 1 aliphatic carbocycles. The zero-order valence-corrected chi connectivity index (χ0v) is 12.9. The summed E-state index contributed by atoms with van der Waals surface area (Å²) >= 11 is 1.77. The second-order valence-corrected chi connectivity index (χ2v) is 6.85. The first-order valence-electron chi connectivity index (χ1n) is 7.47. The molecule has 1 aliphatic rings. The average Bonchev–Trinajstić information content (AvgIpc) is 2.75. The predicted octanol–water partition coefficient (Wildman–Crippen LogP) is 4.34. The van der Waals surface area contributed by atoms with Crippen LogP contribution in [0.4, 0.5) is 0 Å². The quantitative estimate of drug-likeness (QED) is 0.853. The van der Waals surface area contributed by atoms with Gasteiger partial charge in [-0.15, -0.1) is 11.3 Å². The highest BCUT2D eigenvalue weighted by molar-refractivity contribution is 7.10. The van der Waals surface area contributed by atoms with Gasteiger partial charge in [0.1, 0.15) is 0 Å². The second kappa shape index (κ2) is 7.09. The number of thiophene rings is 1. The Morgan fingerprint density at radius 1 is 1.32 bits per heavy atom. The SMILES string of the molecule is Cc1scc(CNC(=O)CCC2CCCCC2)c1C. The largest absolute Gasteiger partial charge is 0.352 e. The van der Waals surface area contributed by atoms with Crippen molar-refractivity contribution in [2.75, 3.05) is 0 Å². The van der Waals surface area contributed by atoms with Crippen LogP contribution in [0.1, 0.15) is 60.9 Å². The van der Waals surface area contributed by atoms with Gasteiger partial charge in [0.15, 0.2) is 0 Å². The van der Waals surface area contributed by atoms with Crippen LogP contribution in [0.3, 0.4) is 0 Å². The van der Waals surface area contributed by atoms with Gasteiger partial charge in [-0.3, -0.25) is 4.79 Å². The van der Waals surface area contributed by atoms with Crippen LogP contribution in [-0.2, 0) is 11.3 Å². The molecule has 0 saturated heterocycles. The number of carbonyl (C=O) groups excluding carboxylic acids is 1. The van der Waals surface area contributed by atoms with Gasteiger partial charge in [-0.2, -0.15) is 0 Å². The lowest BCUT2D eigenvalue weighted by Crippen LogP contribution is -2.23. The summed E-state index contributed by atoms with van der Waals surface area (Å²) in [4.78, 5) is 13.2. The summed E-state index contributed by atoms with van der Waals surface area (Å²) in [5.41, 5.74) is 2.60. The molecule has 2 nitrogen and oxygen atoms in total. The van der Waals surface area contributed by atoms with E-state index in [-0.39, 0.29) is 5.91 Å². The van der Waals surface area contributed by atoms with E-state index in [4.69, 9.17) is 0 Å². The van der Waals surface area contributed by atoms with Crippen LogP contribution in [0.15, 0.2) is 5.38 Å². The van der Waals surface area contributed by atoms with Crippen molar-refractivity contribution in [3.63, 3.8) is 0 Å². The minimum atomic E-state index is 0.217. The van der Waals surface area contributed by atoms with Gasteiger partial charge in [-0.1, -0.05) is 32.1 Å². The monoisotopic (exact) mass is 279 g/mol. The Hall–Kier alpha value is -0.830. The van der Waals surface area contributed by atoms with Crippen LogP contribution in [0.5, 0.6) is 0 Å². The number of hydrogen-bond acceptors (Lipinski definition) is 2. The van der Waals surface area contributed by atoms with Crippen molar-refractivity contribution in [3.8, 4) is 0 Å². The summed E-state index contributed by atoms with van der Waals surface area (Å²) in [6.45, 7) is 4.96. The number of nitrogens with one attached hydrogen (secondary N) is 1. The van der Waals surface area contributed by atoms with Crippen molar-refractivity contribution >= 4 is 17.2 Å². The molecule has 1 saturated carbocycles. The Kier molecular flexibility index (Phi) is 5.44. The van der Waals surface area contributed by atoms with Crippen molar-refractivity contribution in [2.45, 2.75) is 65.3 Å². The first-order valence-corrected chi connectivity index (χ1v) is 8.35. The van der Waals surface area contributed by atoms with Crippen LogP contribution in [0, 0.1) is 19.8 Å². The van der Waals surface area contributed by atoms with Crippen LogP contribution in [0.25, 0.3) is 0 Å². The summed E-state index contributed by atoms with van der Waals surface area (Å²) in [5.74, 6) is 1.01. The summed E-state index contributed by atoms with van der Waals surface area (Å²) < 4.78 is 0. The molecule has 0 aliphatic heterocycles. The standard InChI is InChI=1S/C16H25NOS/c1-12-13(2)19-11-15(12)10-17-16(18)9-8-14-6-4-3-5-7-14/h11,14H,3-10H2,1-2H3,(H,17,18). The fraction of sp³-hybridized carbons (Fsp3) is 0.688. The van der Waals surface area contributed by atoms with E-state index in [1.54, 1.807) is 11.3 Å². The molecule has 106 valence electrons. The van der Waals surface area contributed by atoms with Crippen LogP contribution in [0.2, 0.25) is 0 Å². The predicted molar refractivity (Wildman–Crippen MR) is 81.4 cm³/mol. The molecule has 19 heavy (non-hydrogen) atoms. The van der Waals surface area contributed by atoms with Crippen LogP contribution >= 0.6 is 11.3 Å². The smallest absolute Gasteiger partial charge is 0.220 e. The molecule has 1 N–H and O–H groups in total. The molecule has 0 atom stereocenters. The third-order valence-corrected chi connectivity index (χ3v) is 5.43. The second-order valence-electron chi connectivity index (χ2n) is 5.76. The van der Waals surface area contributed by atoms with Gasteiger partial charge in [0.05, 0.1) is 0 Å². The maximum Gasteiger partial charge on any atom is 0.220 e. The topological polar surface area (TPSA) is 29.1 Å². The van der Waals surface area contributed by atoms with Crippen molar-refractivity contribution in [1.29, 1.82) is 0 Å². The zero-order chi connectivity index (χ0) is 13.7. The molecule has 3 heteroatoms. The Bertz CT molecular complexity index is 418. The first-order chi connectivity index (χ1) is 9.16. The van der Waals surface area contributed by atoms with Gasteiger partial charge in [-0.25, -0.2) is 0 Å². The van der Waals surface area contributed by atoms with E-state index in [1.807, 2.05) is 0 Å². The number of aryl methyl sites for hydroxylation is 1. The number of hydrogen-bond donors (Lipinski definition) is 1. The Labute approximate surface area is 120 Å². The highest BCUT2D eigenvalue weighted by Gasteiger charge is 2.14. The van der Waals surface area contributed by atoms with E-state index in [0.29, 0.717) is 13.0 Å². The number of rotatable bonds is 5. The van der Waals surface area contributed by atoms with E-state index in [2.05, 4.69) is 24.5 Å². The maximum absolute atomic E-state index is 11.9. The Morgan fingerprint density at radius 3 is 2.68 bits per heavy atom. The van der Waals surface area contributed by atoms with Gasteiger partial charge in [0.2, 0.25) is 5.91 Å². The molecule has 1 aromatic heterocycles. The third kappa shape index (κ3) is 4.34. The van der Waals surface area contributed by atoms with Gasteiger partial charge in [0, 0.05) is 17.8 Å². The molecule has 0 radical (unpaired) electrons. The van der Waals surface area contributed by atoms with E-state index in [0.717, 1.165) is 12.3 Å². The van der Waals surface area contributed by atoms with Gasteiger partial charge < -0.3 is 5.32 Å². The normalized spacial score (nSPS) is 16.5. The van der Waals surface area contributed by atoms with Crippen molar-refractivity contribution < 1.29 is 4.79 Å². The van der Waals surface area contributed by atoms with Gasteiger partial charge in [-0.05, 0) is 42.7 Å². The number of carbonyl (C=O) groups is 1. The Balaban J connectivity index is 1.68. The average molecular weight is 279 g/mol. The molecule has 2 rings (SSSR count). The fourth-order valence-corrected chi connectivity index (χ4v) is 3.72. The highest BCUT2D eigenvalue weighted by atomic mass is 32.1. The molecule has 1 heterocycles. The molecule has 1 aromatic rings. The van der Waals surface area contributed by atoms with Crippen molar-refractivity contribution in [2.24, 2.45) is 5.92 Å². The third-order valence-electron chi connectivity index (χ3n) is 4.37. The molecule has 0 bridgehead atoms. The highest BCUT2D eigenvalue weighted by Crippen LogP contribution is 2.27. The first kappa shape index (κ1) is 14.6. The lowest BCUT2D eigenvalue weighted by Gasteiger charge is -2.20. The summed E-state index contributed by atoms with van der Waals surface area (Å²) in [7, 11) is 0. The van der Waals surface area contributed by atoms with Crippen LogP contribution in [-0.4, -0.2) is 5.91 Å². The minimum absolute atomic E-state index is 0.217. The zero-order valence-electron chi connectivity index (χ0n) is 12.1. The molecule has 1 amide bonds. The molecule has 1 fully saturated rings. The van der Waals surface area contributed by atoms with E-state index in [1.165, 1.54) is 48.1 Å². The molecular weight excluding hydrogens is 254 g/mol. The maximum atomic E-state index is 11.9. The Morgan fingerprint density at radius 2 is 2.05 bits per heavy atom. The molecule has 0 spiro atoms. The molecular formula is C16H25NOS. The van der Waals surface area contributed by atoms with E-state index in [9.17, 15) is 4.79 Å². The lowest BCUT2D eigenvalue weighted by atomic mass is 9.86.